The van der Waals surface area contributed by atoms with Crippen LogP contribution in [0.2, 0.25) is 0 Å². The number of hydrogen-bond acceptors (Lipinski definition) is 7. The average Bonchev–Trinajstić information content (AvgIpc) is 3.30. The van der Waals surface area contributed by atoms with Crippen LogP contribution in [0.1, 0.15) is 39.5 Å². The van der Waals surface area contributed by atoms with Gasteiger partial charge in [-0.3, -0.25) is 4.79 Å². The van der Waals surface area contributed by atoms with Crippen LogP contribution in [0, 0.1) is 0 Å². The molecular formula is C24H30N4O5S. The van der Waals surface area contributed by atoms with Gasteiger partial charge < -0.3 is 14.6 Å². The molecule has 1 amide bonds. The lowest BCUT2D eigenvalue weighted by Crippen LogP contribution is -2.31. The lowest BCUT2D eigenvalue weighted by molar-refractivity contribution is -0.116. The molecule has 0 bridgehead atoms. The first-order valence-corrected chi connectivity index (χ1v) is 12.8. The van der Waals surface area contributed by atoms with E-state index in [0.717, 1.165) is 5.56 Å². The van der Waals surface area contributed by atoms with Crippen molar-refractivity contribution in [2.75, 3.05) is 25.0 Å². The van der Waals surface area contributed by atoms with Crippen LogP contribution in [0.5, 0.6) is 5.75 Å². The van der Waals surface area contributed by atoms with Gasteiger partial charge in [0.15, 0.2) is 0 Å². The summed E-state index contributed by atoms with van der Waals surface area (Å²) in [5.41, 5.74) is 1.25. The van der Waals surface area contributed by atoms with E-state index in [1.807, 2.05) is 30.3 Å². The molecule has 0 saturated carbocycles. The number of anilines is 1. The summed E-state index contributed by atoms with van der Waals surface area (Å²) in [5.74, 6) is 0.993. The van der Waals surface area contributed by atoms with Crippen molar-refractivity contribution in [1.29, 1.82) is 0 Å². The maximum atomic E-state index is 13.1. The third-order valence-corrected chi connectivity index (χ3v) is 7.22. The van der Waals surface area contributed by atoms with E-state index in [4.69, 9.17) is 9.26 Å². The molecule has 0 aliphatic rings. The molecule has 0 saturated heterocycles. The maximum Gasteiger partial charge on any atom is 0.246 e. The van der Waals surface area contributed by atoms with E-state index >= 15 is 0 Å². The zero-order valence-electron chi connectivity index (χ0n) is 19.7. The third kappa shape index (κ3) is 6.21. The van der Waals surface area contributed by atoms with Gasteiger partial charge in [0.05, 0.1) is 6.61 Å². The molecule has 3 aromatic rings. The van der Waals surface area contributed by atoms with Gasteiger partial charge in [0.25, 0.3) is 0 Å². The first-order valence-electron chi connectivity index (χ1n) is 11.3. The van der Waals surface area contributed by atoms with Gasteiger partial charge >= 0.3 is 0 Å². The molecule has 0 radical (unpaired) electrons. The fraction of sp³-hybridized carbons (Fsp3) is 0.375. The second-order valence-corrected chi connectivity index (χ2v) is 9.37. The van der Waals surface area contributed by atoms with Crippen molar-refractivity contribution in [2.45, 2.75) is 44.9 Å². The Morgan fingerprint density at radius 2 is 1.82 bits per heavy atom. The molecule has 0 spiro atoms. The largest absolute Gasteiger partial charge is 0.492 e. The van der Waals surface area contributed by atoms with E-state index in [9.17, 15) is 13.2 Å². The number of nitrogens with one attached hydrogen (secondary N) is 1. The Kier molecular flexibility index (Phi) is 8.78. The Morgan fingerprint density at radius 3 is 2.50 bits per heavy atom. The molecule has 2 aromatic carbocycles. The molecule has 34 heavy (non-hydrogen) atoms. The SMILES string of the molecule is CCOc1ccc(NC(=O)CCCc2nc(-c3ccccc3)no2)cc1S(=O)(=O)N(CC)CC. The Morgan fingerprint density at radius 1 is 1.09 bits per heavy atom. The van der Waals surface area contributed by atoms with Gasteiger partial charge in [-0.15, -0.1) is 0 Å². The topological polar surface area (TPSA) is 115 Å². The highest BCUT2D eigenvalue weighted by atomic mass is 32.2. The van der Waals surface area contributed by atoms with Gasteiger partial charge in [0.2, 0.25) is 27.6 Å². The molecule has 9 nitrogen and oxygen atoms in total. The number of ether oxygens (including phenoxy) is 1. The number of sulfonamides is 1. The molecule has 1 N–H and O–H groups in total. The molecule has 10 heteroatoms. The fourth-order valence-corrected chi connectivity index (χ4v) is 5.06. The van der Waals surface area contributed by atoms with E-state index in [1.54, 1.807) is 32.9 Å². The lowest BCUT2D eigenvalue weighted by atomic mass is 10.2. The lowest BCUT2D eigenvalue weighted by Gasteiger charge is -2.21. The third-order valence-electron chi connectivity index (χ3n) is 5.15. The molecule has 0 aliphatic heterocycles. The summed E-state index contributed by atoms with van der Waals surface area (Å²) in [6, 6.07) is 14.1. The number of nitrogens with zero attached hydrogens (tertiary/aromatic N) is 3. The number of rotatable bonds is 12. The molecule has 0 fully saturated rings. The number of hydrogen-bond donors (Lipinski definition) is 1. The van der Waals surface area contributed by atoms with Gasteiger partial charge in [-0.05, 0) is 31.5 Å². The van der Waals surface area contributed by atoms with Gasteiger partial charge in [-0.1, -0.05) is 49.3 Å². The zero-order chi connectivity index (χ0) is 24.6. The fourth-order valence-electron chi connectivity index (χ4n) is 3.45. The standard InChI is InChI=1S/C24H30N4O5S/c1-4-28(5-2)34(30,31)21-17-19(15-16-20(21)32-6-3)25-22(29)13-10-14-23-26-24(27-33-23)18-11-8-7-9-12-18/h7-9,11-12,15-17H,4-6,10,13-14H2,1-3H3,(H,25,29). The number of carbonyl (C=O) groups is 1. The van der Waals surface area contributed by atoms with E-state index in [0.29, 0.717) is 49.9 Å². The predicted octanol–water partition coefficient (Wildman–Crippen LogP) is 4.13. The summed E-state index contributed by atoms with van der Waals surface area (Å²) in [6.07, 6.45) is 1.18. The van der Waals surface area contributed by atoms with Crippen LogP contribution in [0.4, 0.5) is 5.69 Å². The van der Waals surface area contributed by atoms with Crippen molar-refractivity contribution in [1.82, 2.24) is 14.4 Å². The van der Waals surface area contributed by atoms with Crippen molar-refractivity contribution in [2.24, 2.45) is 0 Å². The highest BCUT2D eigenvalue weighted by Crippen LogP contribution is 2.30. The smallest absolute Gasteiger partial charge is 0.246 e. The Hall–Kier alpha value is -3.24. The minimum absolute atomic E-state index is 0.0372. The van der Waals surface area contributed by atoms with Gasteiger partial charge in [-0.25, -0.2) is 8.42 Å². The van der Waals surface area contributed by atoms with E-state index in [1.165, 1.54) is 10.4 Å². The molecule has 1 heterocycles. The monoisotopic (exact) mass is 486 g/mol. The first-order chi connectivity index (χ1) is 16.4. The molecule has 3 rings (SSSR count). The highest BCUT2D eigenvalue weighted by molar-refractivity contribution is 7.89. The average molecular weight is 487 g/mol. The number of carbonyl (C=O) groups excluding carboxylic acids is 1. The summed E-state index contributed by atoms with van der Waals surface area (Å²) in [6.45, 7) is 6.34. The quantitative estimate of drug-likeness (QED) is 0.409. The molecule has 182 valence electrons. The summed E-state index contributed by atoms with van der Waals surface area (Å²) < 4.78 is 38.3. The first kappa shape index (κ1) is 25.4. The summed E-state index contributed by atoms with van der Waals surface area (Å²) in [7, 11) is -3.76. The van der Waals surface area contributed by atoms with Gasteiger partial charge in [-0.2, -0.15) is 9.29 Å². The summed E-state index contributed by atoms with van der Waals surface area (Å²) in [5, 5.41) is 6.75. The van der Waals surface area contributed by atoms with Crippen molar-refractivity contribution in [3.05, 3.63) is 54.4 Å². The van der Waals surface area contributed by atoms with Crippen molar-refractivity contribution < 1.29 is 22.5 Å². The molecule has 0 aliphatic carbocycles. The Balaban J connectivity index is 1.63. The molecule has 0 atom stereocenters. The van der Waals surface area contributed by atoms with Crippen LogP contribution < -0.4 is 10.1 Å². The molecule has 1 aromatic heterocycles. The number of aryl methyl sites for hydroxylation is 1. The van der Waals surface area contributed by atoms with Crippen LogP contribution in [0.25, 0.3) is 11.4 Å². The molecular weight excluding hydrogens is 456 g/mol. The minimum Gasteiger partial charge on any atom is -0.492 e. The normalized spacial score (nSPS) is 11.5. The predicted molar refractivity (Wildman–Crippen MR) is 129 cm³/mol. The van der Waals surface area contributed by atoms with Crippen molar-refractivity contribution in [3.63, 3.8) is 0 Å². The number of amides is 1. The van der Waals surface area contributed by atoms with Crippen molar-refractivity contribution in [3.8, 4) is 17.1 Å². The summed E-state index contributed by atoms with van der Waals surface area (Å²) >= 11 is 0. The minimum atomic E-state index is -3.76. The van der Waals surface area contributed by atoms with Crippen LogP contribution in [0.3, 0.4) is 0 Å². The zero-order valence-corrected chi connectivity index (χ0v) is 20.5. The molecule has 0 unspecified atom stereocenters. The number of aromatic nitrogens is 2. The van der Waals surface area contributed by atoms with Gasteiger partial charge in [0, 0.05) is 37.2 Å². The number of benzene rings is 2. The van der Waals surface area contributed by atoms with E-state index < -0.39 is 10.0 Å². The van der Waals surface area contributed by atoms with Crippen LogP contribution in [-0.2, 0) is 21.2 Å². The van der Waals surface area contributed by atoms with E-state index in [-0.39, 0.29) is 23.0 Å². The maximum absolute atomic E-state index is 13.1. The Labute approximate surface area is 200 Å². The van der Waals surface area contributed by atoms with Crippen molar-refractivity contribution >= 4 is 21.6 Å². The van der Waals surface area contributed by atoms with Crippen LogP contribution in [0.15, 0.2) is 57.9 Å². The second kappa shape index (κ2) is 11.8. The van der Waals surface area contributed by atoms with E-state index in [2.05, 4.69) is 15.5 Å². The highest BCUT2D eigenvalue weighted by Gasteiger charge is 2.26. The van der Waals surface area contributed by atoms with Crippen LogP contribution >= 0.6 is 0 Å². The second-order valence-electron chi connectivity index (χ2n) is 7.46. The Bertz CT molecular complexity index is 1190. The van der Waals surface area contributed by atoms with Crippen LogP contribution in [-0.4, -0.2) is 48.5 Å². The summed E-state index contributed by atoms with van der Waals surface area (Å²) in [4.78, 5) is 16.9. The van der Waals surface area contributed by atoms with Gasteiger partial charge in [0.1, 0.15) is 10.6 Å².